The Bertz CT molecular complexity index is 411. The van der Waals surface area contributed by atoms with Crippen molar-refractivity contribution in [1.29, 1.82) is 0 Å². The van der Waals surface area contributed by atoms with Crippen LogP contribution in [-0.4, -0.2) is 43.9 Å². The number of ether oxygens (including phenoxy) is 2. The van der Waals surface area contributed by atoms with E-state index in [4.69, 9.17) is 15.2 Å². The molecular weight excluding hydrogens is 252 g/mol. The molecular formula is C16H26N2O2. The molecule has 20 heavy (non-hydrogen) atoms. The lowest BCUT2D eigenvalue weighted by molar-refractivity contribution is 0.0611. The Morgan fingerprint density at radius 2 is 2.35 bits per heavy atom. The van der Waals surface area contributed by atoms with Crippen molar-refractivity contribution in [1.82, 2.24) is 4.90 Å². The number of rotatable bonds is 5. The third-order valence-corrected chi connectivity index (χ3v) is 3.70. The van der Waals surface area contributed by atoms with Gasteiger partial charge in [-0.2, -0.15) is 0 Å². The zero-order valence-electron chi connectivity index (χ0n) is 12.5. The van der Waals surface area contributed by atoms with Gasteiger partial charge in [0.25, 0.3) is 0 Å². The number of hydrogen-bond donors (Lipinski definition) is 1. The van der Waals surface area contributed by atoms with E-state index >= 15 is 0 Å². The quantitative estimate of drug-likeness (QED) is 0.897. The van der Waals surface area contributed by atoms with E-state index < -0.39 is 0 Å². The summed E-state index contributed by atoms with van der Waals surface area (Å²) < 4.78 is 11.3. The van der Waals surface area contributed by atoms with Gasteiger partial charge < -0.3 is 15.2 Å². The van der Waals surface area contributed by atoms with Crippen LogP contribution < -0.4 is 10.5 Å². The predicted molar refractivity (Wildman–Crippen MR) is 81.0 cm³/mol. The van der Waals surface area contributed by atoms with E-state index in [-0.39, 0.29) is 12.1 Å². The lowest BCUT2D eigenvalue weighted by Gasteiger charge is -2.31. The molecule has 1 aliphatic rings. The fourth-order valence-electron chi connectivity index (χ4n) is 2.78. The average Bonchev–Trinajstić information content (AvgIpc) is 2.65. The van der Waals surface area contributed by atoms with E-state index in [1.807, 2.05) is 19.1 Å². The molecule has 1 heterocycles. The maximum atomic E-state index is 6.03. The lowest BCUT2D eigenvalue weighted by Crippen LogP contribution is -2.37. The van der Waals surface area contributed by atoms with Gasteiger partial charge in [0.15, 0.2) is 0 Å². The summed E-state index contributed by atoms with van der Waals surface area (Å²) in [4.78, 5) is 2.43. The van der Waals surface area contributed by atoms with Crippen molar-refractivity contribution < 1.29 is 9.47 Å². The fraction of sp³-hybridized carbons (Fsp3) is 0.625. The molecule has 1 fully saturated rings. The van der Waals surface area contributed by atoms with Crippen molar-refractivity contribution in [2.24, 2.45) is 5.73 Å². The normalized spacial score (nSPS) is 22.2. The van der Waals surface area contributed by atoms with Crippen LogP contribution in [0.3, 0.4) is 0 Å². The summed E-state index contributed by atoms with van der Waals surface area (Å²) in [5.74, 6) is 0.919. The first kappa shape index (κ1) is 15.3. The third kappa shape index (κ3) is 3.95. The van der Waals surface area contributed by atoms with Gasteiger partial charge in [-0.25, -0.2) is 0 Å². The van der Waals surface area contributed by atoms with Crippen molar-refractivity contribution in [2.75, 3.05) is 32.8 Å². The molecule has 2 atom stereocenters. The molecule has 112 valence electrons. The largest absolute Gasteiger partial charge is 0.494 e. The van der Waals surface area contributed by atoms with E-state index in [1.54, 1.807) is 0 Å². The van der Waals surface area contributed by atoms with Gasteiger partial charge in [-0.05, 0) is 38.0 Å². The summed E-state index contributed by atoms with van der Waals surface area (Å²) in [6, 6.07) is 8.52. The summed E-state index contributed by atoms with van der Waals surface area (Å²) in [6.07, 6.45) is 1.33. The molecule has 2 rings (SSSR count). The van der Waals surface area contributed by atoms with Crippen LogP contribution >= 0.6 is 0 Å². The second-order valence-corrected chi connectivity index (χ2v) is 5.29. The van der Waals surface area contributed by atoms with Gasteiger partial charge in [0.2, 0.25) is 0 Å². The molecule has 0 aromatic heterocycles. The molecule has 0 spiro atoms. The van der Waals surface area contributed by atoms with Gasteiger partial charge in [-0.3, -0.25) is 4.90 Å². The highest BCUT2D eigenvalue weighted by Gasteiger charge is 2.23. The van der Waals surface area contributed by atoms with Crippen LogP contribution in [0.15, 0.2) is 24.3 Å². The van der Waals surface area contributed by atoms with E-state index in [2.05, 4.69) is 24.0 Å². The first-order chi connectivity index (χ1) is 9.74. The van der Waals surface area contributed by atoms with Gasteiger partial charge in [0.05, 0.1) is 12.7 Å². The van der Waals surface area contributed by atoms with Crippen LogP contribution in [0.25, 0.3) is 0 Å². The van der Waals surface area contributed by atoms with Crippen molar-refractivity contribution in [3.8, 4) is 5.75 Å². The van der Waals surface area contributed by atoms with Crippen LogP contribution in [0.5, 0.6) is 5.75 Å². The summed E-state index contributed by atoms with van der Waals surface area (Å²) in [5.41, 5.74) is 7.26. The fourth-order valence-corrected chi connectivity index (χ4v) is 2.78. The highest BCUT2D eigenvalue weighted by Crippen LogP contribution is 2.25. The topological polar surface area (TPSA) is 47.7 Å². The Kier molecular flexibility index (Phi) is 5.83. The van der Waals surface area contributed by atoms with Crippen LogP contribution in [0.4, 0.5) is 0 Å². The molecule has 1 saturated heterocycles. The van der Waals surface area contributed by atoms with Crippen molar-refractivity contribution in [3.05, 3.63) is 29.8 Å². The zero-order valence-corrected chi connectivity index (χ0v) is 12.5. The summed E-state index contributed by atoms with van der Waals surface area (Å²) in [5, 5.41) is 0. The maximum absolute atomic E-state index is 6.03. The minimum atomic E-state index is 0.236. The second kappa shape index (κ2) is 7.62. The van der Waals surface area contributed by atoms with Gasteiger partial charge in [-0.1, -0.05) is 12.1 Å². The highest BCUT2D eigenvalue weighted by atomic mass is 16.5. The van der Waals surface area contributed by atoms with Gasteiger partial charge >= 0.3 is 0 Å². The molecule has 0 radical (unpaired) electrons. The number of nitrogens with two attached hydrogens (primary N) is 1. The first-order valence-electron chi connectivity index (χ1n) is 7.53. The van der Waals surface area contributed by atoms with E-state index in [0.717, 1.165) is 31.9 Å². The Balaban J connectivity index is 2.15. The molecule has 1 aromatic rings. The SMILES string of the molecule is CCOc1cccc(C(CN)N2CCCOC(C)C2)c1. The molecule has 1 aliphatic heterocycles. The zero-order chi connectivity index (χ0) is 14.4. The molecule has 0 aliphatic carbocycles. The van der Waals surface area contributed by atoms with E-state index in [9.17, 15) is 0 Å². The molecule has 4 heteroatoms. The number of hydrogen-bond acceptors (Lipinski definition) is 4. The monoisotopic (exact) mass is 278 g/mol. The summed E-state index contributed by atoms with van der Waals surface area (Å²) in [6.45, 7) is 8.23. The van der Waals surface area contributed by atoms with Crippen molar-refractivity contribution in [2.45, 2.75) is 32.4 Å². The Labute approximate surface area is 121 Å². The van der Waals surface area contributed by atoms with Crippen LogP contribution in [0.1, 0.15) is 31.9 Å². The van der Waals surface area contributed by atoms with E-state index in [0.29, 0.717) is 13.2 Å². The standard InChI is InChI=1S/C16H26N2O2/c1-3-19-15-7-4-6-14(10-15)16(11-17)18-8-5-9-20-13(2)12-18/h4,6-7,10,13,16H,3,5,8-9,11-12,17H2,1-2H3. The van der Waals surface area contributed by atoms with Crippen LogP contribution in [0, 0.1) is 0 Å². The molecule has 2 N–H and O–H groups in total. The number of nitrogens with zero attached hydrogens (tertiary/aromatic N) is 1. The summed E-state index contributed by atoms with van der Waals surface area (Å²) in [7, 11) is 0. The summed E-state index contributed by atoms with van der Waals surface area (Å²) >= 11 is 0. The first-order valence-corrected chi connectivity index (χ1v) is 7.53. The molecule has 4 nitrogen and oxygen atoms in total. The second-order valence-electron chi connectivity index (χ2n) is 5.29. The highest BCUT2D eigenvalue weighted by molar-refractivity contribution is 5.31. The predicted octanol–water partition coefficient (Wildman–Crippen LogP) is 2.20. The Morgan fingerprint density at radius 1 is 1.50 bits per heavy atom. The Hall–Kier alpha value is -1.10. The van der Waals surface area contributed by atoms with Crippen molar-refractivity contribution >= 4 is 0 Å². The van der Waals surface area contributed by atoms with Gasteiger partial charge in [-0.15, -0.1) is 0 Å². The average molecular weight is 278 g/mol. The molecule has 2 unspecified atom stereocenters. The van der Waals surface area contributed by atoms with Crippen LogP contribution in [0.2, 0.25) is 0 Å². The maximum Gasteiger partial charge on any atom is 0.119 e. The van der Waals surface area contributed by atoms with Gasteiger partial charge in [0, 0.05) is 32.3 Å². The Morgan fingerprint density at radius 3 is 3.10 bits per heavy atom. The lowest BCUT2D eigenvalue weighted by atomic mass is 10.0. The van der Waals surface area contributed by atoms with Gasteiger partial charge in [0.1, 0.15) is 5.75 Å². The number of benzene rings is 1. The molecule has 0 amide bonds. The van der Waals surface area contributed by atoms with Crippen molar-refractivity contribution in [3.63, 3.8) is 0 Å². The molecule has 0 saturated carbocycles. The molecule has 0 bridgehead atoms. The van der Waals surface area contributed by atoms with E-state index in [1.165, 1.54) is 5.56 Å². The minimum Gasteiger partial charge on any atom is -0.494 e. The smallest absolute Gasteiger partial charge is 0.119 e. The third-order valence-electron chi connectivity index (χ3n) is 3.70. The molecule has 1 aromatic carbocycles. The minimum absolute atomic E-state index is 0.236. The van der Waals surface area contributed by atoms with Crippen LogP contribution in [-0.2, 0) is 4.74 Å².